The molecule has 1 saturated carbocycles. The number of aliphatic carboxylic acids is 1. The topological polar surface area (TPSA) is 50.2 Å². The Bertz CT molecular complexity index is 515. The number of pyridine rings is 1. The summed E-state index contributed by atoms with van der Waals surface area (Å²) in [6, 6.07) is 3.83. The summed E-state index contributed by atoms with van der Waals surface area (Å²) in [6.45, 7) is 6.74. The van der Waals surface area contributed by atoms with Gasteiger partial charge in [0.05, 0.1) is 5.92 Å². The molecule has 5 heteroatoms. The van der Waals surface area contributed by atoms with Crippen LogP contribution in [0.15, 0.2) is 27.8 Å². The average molecular weight is 372 g/mol. The van der Waals surface area contributed by atoms with E-state index in [1.807, 2.05) is 12.1 Å². The van der Waals surface area contributed by atoms with Crippen LogP contribution in [-0.4, -0.2) is 21.3 Å². The van der Waals surface area contributed by atoms with Crippen molar-refractivity contribution in [2.24, 2.45) is 17.3 Å². The molecule has 1 heterocycles. The lowest BCUT2D eigenvalue weighted by atomic mass is 9.69. The molecule has 3 nitrogen and oxygen atoms in total. The van der Waals surface area contributed by atoms with Crippen molar-refractivity contribution in [1.82, 2.24) is 4.98 Å². The molecule has 3 unspecified atom stereocenters. The lowest BCUT2D eigenvalue weighted by Crippen LogP contribution is -2.37. The highest BCUT2D eigenvalue weighted by molar-refractivity contribution is 9.10. The molecule has 2 rings (SSSR count). The SMILES string of the molecule is CC(C)(C)C1CCC(C(=O)O)C(Sc2ncccc2Br)C1. The van der Waals surface area contributed by atoms with E-state index in [4.69, 9.17) is 0 Å². The zero-order valence-electron chi connectivity index (χ0n) is 12.7. The van der Waals surface area contributed by atoms with Gasteiger partial charge in [0.25, 0.3) is 0 Å². The molecule has 1 aromatic heterocycles. The van der Waals surface area contributed by atoms with Gasteiger partial charge in [-0.25, -0.2) is 4.98 Å². The Labute approximate surface area is 139 Å². The Morgan fingerprint density at radius 2 is 2.14 bits per heavy atom. The molecule has 0 aliphatic heterocycles. The van der Waals surface area contributed by atoms with Crippen LogP contribution in [0.25, 0.3) is 0 Å². The summed E-state index contributed by atoms with van der Waals surface area (Å²) in [5.74, 6) is -0.387. The van der Waals surface area contributed by atoms with Crippen LogP contribution in [0.1, 0.15) is 40.0 Å². The summed E-state index contributed by atoms with van der Waals surface area (Å²) in [4.78, 5) is 15.9. The minimum Gasteiger partial charge on any atom is -0.481 e. The van der Waals surface area contributed by atoms with E-state index in [0.29, 0.717) is 5.92 Å². The lowest BCUT2D eigenvalue weighted by molar-refractivity contribution is -0.143. The molecule has 0 bridgehead atoms. The summed E-state index contributed by atoms with van der Waals surface area (Å²) in [7, 11) is 0. The van der Waals surface area contributed by atoms with Gasteiger partial charge in [0.1, 0.15) is 5.03 Å². The fourth-order valence-corrected chi connectivity index (χ4v) is 4.80. The van der Waals surface area contributed by atoms with Gasteiger partial charge in [-0.15, -0.1) is 11.8 Å². The van der Waals surface area contributed by atoms with Crippen LogP contribution in [0.5, 0.6) is 0 Å². The van der Waals surface area contributed by atoms with E-state index in [-0.39, 0.29) is 16.6 Å². The van der Waals surface area contributed by atoms with Crippen LogP contribution in [0.2, 0.25) is 0 Å². The molecule has 0 aromatic carbocycles. The fraction of sp³-hybridized carbons (Fsp3) is 0.625. The summed E-state index contributed by atoms with van der Waals surface area (Å²) >= 11 is 5.11. The van der Waals surface area contributed by atoms with Crippen molar-refractivity contribution in [3.63, 3.8) is 0 Å². The molecule has 21 heavy (non-hydrogen) atoms. The van der Waals surface area contributed by atoms with Gasteiger partial charge in [-0.2, -0.15) is 0 Å². The van der Waals surface area contributed by atoms with Gasteiger partial charge in [0.2, 0.25) is 0 Å². The molecule has 1 N–H and O–H groups in total. The van der Waals surface area contributed by atoms with Crippen LogP contribution in [0, 0.1) is 17.3 Å². The Kier molecular flexibility index (Phi) is 5.36. The number of carboxylic acids is 1. The molecule has 116 valence electrons. The smallest absolute Gasteiger partial charge is 0.307 e. The first-order chi connectivity index (χ1) is 9.79. The first-order valence-corrected chi connectivity index (χ1v) is 8.96. The molecule has 1 fully saturated rings. The quantitative estimate of drug-likeness (QED) is 0.824. The predicted molar refractivity (Wildman–Crippen MR) is 89.5 cm³/mol. The van der Waals surface area contributed by atoms with E-state index in [0.717, 1.165) is 28.8 Å². The summed E-state index contributed by atoms with van der Waals surface area (Å²) in [5, 5.41) is 10.5. The third-order valence-corrected chi connectivity index (χ3v) is 6.60. The van der Waals surface area contributed by atoms with E-state index in [1.54, 1.807) is 18.0 Å². The number of carbonyl (C=O) groups is 1. The first kappa shape index (κ1) is 16.8. The molecule has 0 saturated heterocycles. The Hall–Kier alpha value is -0.550. The second-order valence-electron chi connectivity index (χ2n) is 6.77. The van der Waals surface area contributed by atoms with E-state index < -0.39 is 5.97 Å². The molecule has 1 aliphatic carbocycles. The van der Waals surface area contributed by atoms with Crippen molar-refractivity contribution < 1.29 is 9.90 Å². The van der Waals surface area contributed by atoms with Crippen molar-refractivity contribution in [1.29, 1.82) is 0 Å². The number of aromatic nitrogens is 1. The number of hydrogen-bond acceptors (Lipinski definition) is 3. The number of halogens is 1. The van der Waals surface area contributed by atoms with Crippen molar-refractivity contribution >= 4 is 33.7 Å². The largest absolute Gasteiger partial charge is 0.481 e. The van der Waals surface area contributed by atoms with Gasteiger partial charge in [0.15, 0.2) is 0 Å². The Balaban J connectivity index is 2.18. The van der Waals surface area contributed by atoms with Gasteiger partial charge >= 0.3 is 5.97 Å². The van der Waals surface area contributed by atoms with E-state index in [9.17, 15) is 9.90 Å². The van der Waals surface area contributed by atoms with Crippen molar-refractivity contribution in [2.45, 2.75) is 50.3 Å². The van der Waals surface area contributed by atoms with Gasteiger partial charge in [-0.3, -0.25) is 4.79 Å². The lowest BCUT2D eigenvalue weighted by Gasteiger charge is -2.40. The zero-order chi connectivity index (χ0) is 15.6. The van der Waals surface area contributed by atoms with Crippen LogP contribution in [-0.2, 0) is 4.79 Å². The number of carboxylic acid groups (broad SMARTS) is 1. The standard InChI is InChI=1S/C16H22BrNO2S/c1-16(2,3)10-6-7-11(15(19)20)13(9-10)21-14-12(17)5-4-8-18-14/h4-5,8,10-11,13H,6-7,9H2,1-3H3,(H,19,20). The third kappa shape index (κ3) is 4.22. The van der Waals surface area contributed by atoms with Crippen molar-refractivity contribution in [3.8, 4) is 0 Å². The monoisotopic (exact) mass is 371 g/mol. The van der Waals surface area contributed by atoms with Crippen molar-refractivity contribution in [2.75, 3.05) is 0 Å². The summed E-state index contributed by atoms with van der Waals surface area (Å²) in [5.41, 5.74) is 0.226. The zero-order valence-corrected chi connectivity index (χ0v) is 15.1. The van der Waals surface area contributed by atoms with Crippen LogP contribution >= 0.6 is 27.7 Å². The molecular formula is C16H22BrNO2S. The van der Waals surface area contributed by atoms with Crippen LogP contribution in [0.3, 0.4) is 0 Å². The number of nitrogens with zero attached hydrogens (tertiary/aromatic N) is 1. The molecular weight excluding hydrogens is 350 g/mol. The Morgan fingerprint density at radius 3 is 2.71 bits per heavy atom. The predicted octanol–water partition coefficient (Wildman–Crippen LogP) is 4.85. The number of rotatable bonds is 3. The molecule has 0 amide bonds. The van der Waals surface area contributed by atoms with E-state index in [2.05, 4.69) is 41.7 Å². The third-order valence-electron chi connectivity index (χ3n) is 4.32. The molecule has 1 aliphatic rings. The van der Waals surface area contributed by atoms with Crippen LogP contribution in [0.4, 0.5) is 0 Å². The highest BCUT2D eigenvalue weighted by atomic mass is 79.9. The van der Waals surface area contributed by atoms with Crippen molar-refractivity contribution in [3.05, 3.63) is 22.8 Å². The molecule has 0 radical (unpaired) electrons. The molecule has 0 spiro atoms. The molecule has 3 atom stereocenters. The highest BCUT2D eigenvalue weighted by Gasteiger charge is 2.39. The summed E-state index contributed by atoms with van der Waals surface area (Å²) in [6.07, 6.45) is 4.46. The van der Waals surface area contributed by atoms with Gasteiger partial charge in [0, 0.05) is 15.9 Å². The normalized spacial score (nSPS) is 26.6. The number of hydrogen-bond donors (Lipinski definition) is 1. The molecule has 1 aromatic rings. The number of thioether (sulfide) groups is 1. The fourth-order valence-electron chi connectivity index (χ4n) is 2.93. The second kappa shape index (κ2) is 6.69. The van der Waals surface area contributed by atoms with Gasteiger partial charge in [-0.1, -0.05) is 20.8 Å². The maximum absolute atomic E-state index is 11.6. The van der Waals surface area contributed by atoms with E-state index in [1.165, 1.54) is 0 Å². The minimum absolute atomic E-state index is 0.0895. The second-order valence-corrected chi connectivity index (χ2v) is 8.85. The highest BCUT2D eigenvalue weighted by Crippen LogP contribution is 2.46. The summed E-state index contributed by atoms with van der Waals surface area (Å²) < 4.78 is 0.942. The first-order valence-electron chi connectivity index (χ1n) is 7.29. The van der Waals surface area contributed by atoms with Crippen LogP contribution < -0.4 is 0 Å². The maximum atomic E-state index is 11.6. The Morgan fingerprint density at radius 1 is 1.43 bits per heavy atom. The van der Waals surface area contributed by atoms with Gasteiger partial charge < -0.3 is 5.11 Å². The van der Waals surface area contributed by atoms with Gasteiger partial charge in [-0.05, 0) is 58.7 Å². The average Bonchev–Trinajstić information content (AvgIpc) is 2.40. The maximum Gasteiger partial charge on any atom is 0.307 e. The minimum atomic E-state index is -0.674. The van der Waals surface area contributed by atoms with E-state index >= 15 is 0 Å².